The maximum atomic E-state index is 12.6. The minimum absolute atomic E-state index is 0.0615. The Kier molecular flexibility index (Phi) is 6.09. The molecule has 1 amide bonds. The molecule has 3 aromatic rings. The van der Waals surface area contributed by atoms with Crippen molar-refractivity contribution in [1.82, 2.24) is 19.4 Å². The second-order valence-electron chi connectivity index (χ2n) is 7.74. The van der Waals surface area contributed by atoms with Crippen molar-refractivity contribution in [2.45, 2.75) is 37.9 Å². The number of hydrogen-bond donors (Lipinski definition) is 2. The fourth-order valence-corrected chi connectivity index (χ4v) is 4.37. The van der Waals surface area contributed by atoms with Gasteiger partial charge < -0.3 is 15.6 Å². The van der Waals surface area contributed by atoms with E-state index < -0.39 is 6.04 Å². The van der Waals surface area contributed by atoms with Gasteiger partial charge in [0.05, 0.1) is 18.1 Å². The van der Waals surface area contributed by atoms with Gasteiger partial charge >= 0.3 is 0 Å². The van der Waals surface area contributed by atoms with E-state index in [0.29, 0.717) is 0 Å². The highest BCUT2D eigenvalue weighted by atomic mass is 16.1. The quantitative estimate of drug-likeness (QED) is 0.603. The van der Waals surface area contributed by atoms with Gasteiger partial charge in [0.25, 0.3) is 0 Å². The average Bonchev–Trinajstić information content (AvgIpc) is 3.28. The zero-order valence-electron chi connectivity index (χ0n) is 17.2. The molecule has 30 heavy (non-hydrogen) atoms. The standard InChI is InChI=1S/C23H28N6O/c1-28(20-10-4-6-17-7-5-11-27-21(17)20)22(23(24)30)18-8-2-3-9-19(18)26-13-15-29-14-12-25-16-29/h2-3,5,7-9,11-12,14,16,20,22,26H,4,6,10,13,15H2,1H3,(H2,24,30). The molecule has 0 spiro atoms. The van der Waals surface area contributed by atoms with Gasteiger partial charge in [0.1, 0.15) is 6.04 Å². The number of aromatic nitrogens is 3. The summed E-state index contributed by atoms with van der Waals surface area (Å²) in [6.07, 6.45) is 10.4. The number of carbonyl (C=O) groups excluding carboxylic acids is 1. The van der Waals surface area contributed by atoms with Crippen molar-refractivity contribution in [3.05, 3.63) is 78.1 Å². The highest BCUT2D eigenvalue weighted by molar-refractivity contribution is 5.83. The zero-order valence-corrected chi connectivity index (χ0v) is 17.2. The van der Waals surface area contributed by atoms with E-state index in [2.05, 4.69) is 26.3 Å². The fraction of sp³-hybridized carbons (Fsp3) is 0.348. The molecule has 1 aliphatic rings. The van der Waals surface area contributed by atoms with Gasteiger partial charge in [-0.3, -0.25) is 14.7 Å². The molecule has 2 aromatic heterocycles. The number of carbonyl (C=O) groups is 1. The maximum Gasteiger partial charge on any atom is 0.239 e. The number of aryl methyl sites for hydroxylation is 1. The van der Waals surface area contributed by atoms with Gasteiger partial charge in [0.15, 0.2) is 0 Å². The molecule has 1 aliphatic carbocycles. The molecular weight excluding hydrogens is 376 g/mol. The van der Waals surface area contributed by atoms with E-state index >= 15 is 0 Å². The molecule has 7 nitrogen and oxygen atoms in total. The molecule has 0 saturated heterocycles. The number of para-hydroxylation sites is 1. The van der Waals surface area contributed by atoms with Gasteiger partial charge in [-0.15, -0.1) is 0 Å². The Morgan fingerprint density at radius 2 is 2.17 bits per heavy atom. The molecule has 2 heterocycles. The Labute approximate surface area is 176 Å². The second kappa shape index (κ2) is 9.09. The zero-order chi connectivity index (χ0) is 20.9. The first-order chi connectivity index (χ1) is 14.6. The molecule has 0 radical (unpaired) electrons. The Hall–Kier alpha value is -3.19. The van der Waals surface area contributed by atoms with Gasteiger partial charge in [-0.05, 0) is 44.0 Å². The van der Waals surface area contributed by atoms with Crippen LogP contribution in [0.3, 0.4) is 0 Å². The number of anilines is 1. The molecule has 2 atom stereocenters. The SMILES string of the molecule is CN(C1CCCc2cccnc21)C(C(N)=O)c1ccccc1NCCn1ccnc1. The first-order valence-corrected chi connectivity index (χ1v) is 10.4. The van der Waals surface area contributed by atoms with Crippen molar-refractivity contribution in [2.24, 2.45) is 5.73 Å². The number of nitrogens with two attached hydrogens (primary N) is 1. The van der Waals surface area contributed by atoms with Crippen LogP contribution in [0.1, 0.15) is 41.7 Å². The van der Waals surface area contributed by atoms with Crippen LogP contribution in [0.4, 0.5) is 5.69 Å². The molecule has 4 rings (SSSR count). The number of benzene rings is 1. The third-order valence-corrected chi connectivity index (χ3v) is 5.83. The molecule has 0 saturated carbocycles. The van der Waals surface area contributed by atoms with E-state index in [0.717, 1.165) is 49.3 Å². The Bertz CT molecular complexity index is 987. The van der Waals surface area contributed by atoms with E-state index in [1.54, 1.807) is 12.5 Å². The number of nitrogens with zero attached hydrogens (tertiary/aromatic N) is 4. The summed E-state index contributed by atoms with van der Waals surface area (Å²) in [6, 6.07) is 11.5. The summed E-state index contributed by atoms with van der Waals surface area (Å²) in [7, 11) is 1.98. The van der Waals surface area contributed by atoms with Crippen molar-refractivity contribution in [3.8, 4) is 0 Å². The highest BCUT2D eigenvalue weighted by Crippen LogP contribution is 2.38. The summed E-state index contributed by atoms with van der Waals surface area (Å²) in [4.78, 5) is 23.4. The number of pyridine rings is 1. The van der Waals surface area contributed by atoms with Crippen molar-refractivity contribution < 1.29 is 4.79 Å². The topological polar surface area (TPSA) is 89.1 Å². The van der Waals surface area contributed by atoms with Crippen LogP contribution >= 0.6 is 0 Å². The van der Waals surface area contributed by atoms with Crippen molar-refractivity contribution >= 4 is 11.6 Å². The van der Waals surface area contributed by atoms with Crippen molar-refractivity contribution in [2.75, 3.05) is 18.9 Å². The summed E-state index contributed by atoms with van der Waals surface area (Å²) in [5, 5.41) is 3.47. The number of amides is 1. The van der Waals surface area contributed by atoms with Gasteiger partial charge in [-0.2, -0.15) is 0 Å². The lowest BCUT2D eigenvalue weighted by Crippen LogP contribution is -2.39. The van der Waals surface area contributed by atoms with Crippen LogP contribution in [0.25, 0.3) is 0 Å². The van der Waals surface area contributed by atoms with Crippen LogP contribution in [-0.4, -0.2) is 38.9 Å². The molecule has 0 fully saturated rings. The van der Waals surface area contributed by atoms with Crippen LogP contribution in [0.2, 0.25) is 0 Å². The van der Waals surface area contributed by atoms with Gasteiger partial charge in [-0.1, -0.05) is 24.3 Å². The van der Waals surface area contributed by atoms with Crippen LogP contribution in [0.5, 0.6) is 0 Å². The summed E-state index contributed by atoms with van der Waals surface area (Å²) in [5.74, 6) is -0.357. The molecule has 3 N–H and O–H groups in total. The first kappa shape index (κ1) is 20.1. The minimum Gasteiger partial charge on any atom is -0.383 e. The summed E-state index contributed by atoms with van der Waals surface area (Å²) < 4.78 is 2.01. The second-order valence-corrected chi connectivity index (χ2v) is 7.74. The van der Waals surface area contributed by atoms with E-state index in [4.69, 9.17) is 5.73 Å². The number of imidazole rings is 1. The lowest BCUT2D eigenvalue weighted by molar-refractivity contribution is -0.124. The molecule has 2 unspecified atom stereocenters. The van der Waals surface area contributed by atoms with Crippen LogP contribution in [-0.2, 0) is 17.8 Å². The third kappa shape index (κ3) is 4.21. The Morgan fingerprint density at radius 1 is 1.30 bits per heavy atom. The number of likely N-dealkylation sites (N-methyl/N-ethyl adjacent to an activating group) is 1. The molecule has 0 aliphatic heterocycles. The molecule has 156 valence electrons. The van der Waals surface area contributed by atoms with Crippen LogP contribution in [0.15, 0.2) is 61.3 Å². The first-order valence-electron chi connectivity index (χ1n) is 10.4. The molecule has 1 aromatic carbocycles. The van der Waals surface area contributed by atoms with E-state index in [1.807, 2.05) is 54.3 Å². The lowest BCUT2D eigenvalue weighted by atomic mass is 9.89. The highest BCUT2D eigenvalue weighted by Gasteiger charge is 2.33. The fourth-order valence-electron chi connectivity index (χ4n) is 4.37. The van der Waals surface area contributed by atoms with E-state index in [1.165, 1.54) is 5.56 Å². The third-order valence-electron chi connectivity index (χ3n) is 5.83. The number of hydrogen-bond acceptors (Lipinski definition) is 5. The summed E-state index contributed by atoms with van der Waals surface area (Å²) in [5.41, 5.74) is 10.1. The normalized spacial score (nSPS) is 16.8. The van der Waals surface area contributed by atoms with E-state index in [9.17, 15) is 4.79 Å². The number of fused-ring (bicyclic) bond motifs is 1. The number of primary amides is 1. The predicted octanol–water partition coefficient (Wildman–Crippen LogP) is 2.93. The maximum absolute atomic E-state index is 12.6. The minimum atomic E-state index is -0.542. The van der Waals surface area contributed by atoms with Crippen LogP contribution in [0, 0.1) is 0 Å². The van der Waals surface area contributed by atoms with Crippen molar-refractivity contribution in [1.29, 1.82) is 0 Å². The summed E-state index contributed by atoms with van der Waals surface area (Å²) >= 11 is 0. The lowest BCUT2D eigenvalue weighted by Gasteiger charge is -2.37. The van der Waals surface area contributed by atoms with Gasteiger partial charge in [0, 0.05) is 42.9 Å². The molecular formula is C23H28N6O. The monoisotopic (exact) mass is 404 g/mol. The average molecular weight is 405 g/mol. The molecule has 7 heteroatoms. The van der Waals surface area contributed by atoms with Crippen LogP contribution < -0.4 is 11.1 Å². The number of rotatable bonds is 8. The van der Waals surface area contributed by atoms with E-state index in [-0.39, 0.29) is 11.9 Å². The van der Waals surface area contributed by atoms with Gasteiger partial charge in [-0.25, -0.2) is 4.98 Å². The Morgan fingerprint density at radius 3 is 2.97 bits per heavy atom. The smallest absolute Gasteiger partial charge is 0.239 e. The van der Waals surface area contributed by atoms with Gasteiger partial charge in [0.2, 0.25) is 5.91 Å². The predicted molar refractivity (Wildman–Crippen MR) is 117 cm³/mol. The van der Waals surface area contributed by atoms with Crippen molar-refractivity contribution in [3.63, 3.8) is 0 Å². The molecule has 0 bridgehead atoms. The summed E-state index contributed by atoms with van der Waals surface area (Å²) in [6.45, 7) is 1.50. The Balaban J connectivity index is 1.58. The number of nitrogens with one attached hydrogen (secondary N) is 1. The largest absolute Gasteiger partial charge is 0.383 e.